The fourth-order valence-electron chi connectivity index (χ4n) is 3.24. The van der Waals surface area contributed by atoms with Gasteiger partial charge in [0.1, 0.15) is 0 Å². The number of nitriles is 1. The molecule has 0 amide bonds. The number of rotatable bonds is 2. The summed E-state index contributed by atoms with van der Waals surface area (Å²) in [4.78, 5) is 11.8. The van der Waals surface area contributed by atoms with E-state index in [2.05, 4.69) is 6.07 Å². The standard InChI is InChI=1S/C16H19NO2/c1-11-8-12(2)14(9-13(11)10-17)16(15(18)19)6-4-3-5-7-16/h8-9H,3-7H2,1-2H3,(H,18,19). The minimum Gasteiger partial charge on any atom is -0.481 e. The number of aryl methyl sites for hydroxylation is 2. The van der Waals surface area contributed by atoms with E-state index in [1.807, 2.05) is 19.9 Å². The summed E-state index contributed by atoms with van der Waals surface area (Å²) in [6, 6.07) is 5.90. The highest BCUT2D eigenvalue weighted by molar-refractivity contribution is 5.82. The van der Waals surface area contributed by atoms with Crippen molar-refractivity contribution in [2.75, 3.05) is 0 Å². The van der Waals surface area contributed by atoms with Crippen molar-refractivity contribution in [2.24, 2.45) is 0 Å². The zero-order chi connectivity index (χ0) is 14.0. The summed E-state index contributed by atoms with van der Waals surface area (Å²) in [5.74, 6) is -0.747. The van der Waals surface area contributed by atoms with Crippen LogP contribution in [0.25, 0.3) is 0 Å². The molecule has 0 bridgehead atoms. The number of nitrogens with zero attached hydrogens (tertiary/aromatic N) is 1. The van der Waals surface area contributed by atoms with Gasteiger partial charge in [-0.3, -0.25) is 4.79 Å². The molecule has 1 aliphatic rings. The van der Waals surface area contributed by atoms with Crippen molar-refractivity contribution in [3.05, 3.63) is 34.4 Å². The van der Waals surface area contributed by atoms with Crippen LogP contribution in [0.5, 0.6) is 0 Å². The molecule has 0 saturated heterocycles. The number of hydrogen-bond acceptors (Lipinski definition) is 2. The van der Waals surface area contributed by atoms with Crippen LogP contribution in [0.15, 0.2) is 12.1 Å². The smallest absolute Gasteiger partial charge is 0.314 e. The van der Waals surface area contributed by atoms with Crippen molar-refractivity contribution in [1.82, 2.24) is 0 Å². The topological polar surface area (TPSA) is 61.1 Å². The number of carboxylic acids is 1. The molecule has 0 atom stereocenters. The fourth-order valence-corrected chi connectivity index (χ4v) is 3.24. The van der Waals surface area contributed by atoms with Crippen LogP contribution in [-0.4, -0.2) is 11.1 Å². The molecule has 0 aromatic heterocycles. The molecule has 0 aliphatic heterocycles. The maximum absolute atomic E-state index is 11.8. The van der Waals surface area contributed by atoms with Gasteiger partial charge in [0.15, 0.2) is 0 Å². The largest absolute Gasteiger partial charge is 0.481 e. The molecule has 19 heavy (non-hydrogen) atoms. The predicted octanol–water partition coefficient (Wildman–Crippen LogP) is 3.46. The summed E-state index contributed by atoms with van der Waals surface area (Å²) in [6.07, 6.45) is 4.35. The number of hydrogen-bond donors (Lipinski definition) is 1. The van der Waals surface area contributed by atoms with E-state index >= 15 is 0 Å². The maximum Gasteiger partial charge on any atom is 0.314 e. The molecule has 1 aromatic rings. The highest BCUT2D eigenvalue weighted by Gasteiger charge is 2.42. The Labute approximate surface area is 113 Å². The monoisotopic (exact) mass is 257 g/mol. The molecule has 1 saturated carbocycles. The molecule has 3 heteroatoms. The molecular formula is C16H19NO2. The third-order valence-corrected chi connectivity index (χ3v) is 4.32. The molecular weight excluding hydrogens is 238 g/mol. The molecule has 3 nitrogen and oxygen atoms in total. The van der Waals surface area contributed by atoms with E-state index in [0.717, 1.165) is 36.0 Å². The first-order valence-electron chi connectivity index (χ1n) is 6.76. The summed E-state index contributed by atoms with van der Waals surface area (Å²) in [6.45, 7) is 3.84. The van der Waals surface area contributed by atoms with E-state index in [1.165, 1.54) is 0 Å². The lowest BCUT2D eigenvalue weighted by molar-refractivity contribution is -0.145. The molecule has 0 unspecified atom stereocenters. The average molecular weight is 257 g/mol. The van der Waals surface area contributed by atoms with E-state index in [4.69, 9.17) is 5.26 Å². The quantitative estimate of drug-likeness (QED) is 0.882. The summed E-state index contributed by atoms with van der Waals surface area (Å²) >= 11 is 0. The van der Waals surface area contributed by atoms with E-state index in [0.29, 0.717) is 18.4 Å². The first kappa shape index (κ1) is 13.6. The maximum atomic E-state index is 11.8. The van der Waals surface area contributed by atoms with Crippen LogP contribution >= 0.6 is 0 Å². The van der Waals surface area contributed by atoms with Crippen molar-refractivity contribution in [3.8, 4) is 6.07 Å². The molecule has 2 rings (SSSR count). The van der Waals surface area contributed by atoms with Crippen molar-refractivity contribution >= 4 is 5.97 Å². The van der Waals surface area contributed by atoms with Crippen LogP contribution in [-0.2, 0) is 10.2 Å². The Morgan fingerprint density at radius 3 is 2.37 bits per heavy atom. The second-order valence-electron chi connectivity index (χ2n) is 5.54. The lowest BCUT2D eigenvalue weighted by atomic mass is 9.68. The Bertz CT molecular complexity index is 549. The summed E-state index contributed by atoms with van der Waals surface area (Å²) < 4.78 is 0. The lowest BCUT2D eigenvalue weighted by Gasteiger charge is -2.35. The van der Waals surface area contributed by atoms with Gasteiger partial charge in [0.2, 0.25) is 0 Å². The van der Waals surface area contributed by atoms with Crippen LogP contribution in [0.3, 0.4) is 0 Å². The summed E-state index contributed by atoms with van der Waals surface area (Å²) in [5, 5.41) is 18.9. The predicted molar refractivity (Wildman–Crippen MR) is 73.0 cm³/mol. The van der Waals surface area contributed by atoms with Crippen LogP contribution in [0.1, 0.15) is 54.4 Å². The highest BCUT2D eigenvalue weighted by Crippen LogP contribution is 2.41. The zero-order valence-electron chi connectivity index (χ0n) is 11.5. The second kappa shape index (κ2) is 5.05. The van der Waals surface area contributed by atoms with E-state index in [1.54, 1.807) is 6.07 Å². The average Bonchev–Trinajstić information content (AvgIpc) is 2.39. The minimum absolute atomic E-state index is 0.590. The van der Waals surface area contributed by atoms with Crippen molar-refractivity contribution in [3.63, 3.8) is 0 Å². The van der Waals surface area contributed by atoms with Gasteiger partial charge in [-0.2, -0.15) is 5.26 Å². The number of benzene rings is 1. The Kier molecular flexibility index (Phi) is 3.61. The van der Waals surface area contributed by atoms with Crippen molar-refractivity contribution < 1.29 is 9.90 Å². The highest BCUT2D eigenvalue weighted by atomic mass is 16.4. The lowest BCUT2D eigenvalue weighted by Crippen LogP contribution is -2.38. The van der Waals surface area contributed by atoms with Gasteiger partial charge in [-0.25, -0.2) is 0 Å². The molecule has 1 fully saturated rings. The third-order valence-electron chi connectivity index (χ3n) is 4.32. The van der Waals surface area contributed by atoms with Gasteiger partial charge in [0.25, 0.3) is 0 Å². The van der Waals surface area contributed by atoms with Crippen molar-refractivity contribution in [2.45, 2.75) is 51.4 Å². The Hall–Kier alpha value is -1.82. The molecule has 100 valence electrons. The van der Waals surface area contributed by atoms with Gasteiger partial charge in [0, 0.05) is 0 Å². The van der Waals surface area contributed by atoms with Gasteiger partial charge in [-0.15, -0.1) is 0 Å². The van der Waals surface area contributed by atoms with Crippen LogP contribution < -0.4 is 0 Å². The number of carbonyl (C=O) groups is 1. The summed E-state index contributed by atoms with van der Waals surface area (Å²) in [5.41, 5.74) is 2.54. The normalized spacial score (nSPS) is 17.7. The zero-order valence-corrected chi connectivity index (χ0v) is 11.5. The van der Waals surface area contributed by atoms with Gasteiger partial charge >= 0.3 is 5.97 Å². The molecule has 0 heterocycles. The van der Waals surface area contributed by atoms with Gasteiger partial charge in [-0.05, 0) is 49.4 Å². The second-order valence-corrected chi connectivity index (χ2v) is 5.54. The van der Waals surface area contributed by atoms with Gasteiger partial charge in [-0.1, -0.05) is 25.3 Å². The SMILES string of the molecule is Cc1cc(C)c(C2(C(=O)O)CCCCC2)cc1C#N. The fraction of sp³-hybridized carbons (Fsp3) is 0.500. The molecule has 1 aliphatic carbocycles. The Morgan fingerprint density at radius 1 is 1.21 bits per heavy atom. The Balaban J connectivity index is 2.60. The van der Waals surface area contributed by atoms with Crippen LogP contribution in [0, 0.1) is 25.2 Å². The first-order chi connectivity index (χ1) is 9.01. The number of aliphatic carboxylic acids is 1. The van der Waals surface area contributed by atoms with Gasteiger partial charge < -0.3 is 5.11 Å². The minimum atomic E-state index is -0.790. The Morgan fingerprint density at radius 2 is 1.84 bits per heavy atom. The number of carboxylic acid groups (broad SMARTS) is 1. The first-order valence-corrected chi connectivity index (χ1v) is 6.76. The van der Waals surface area contributed by atoms with Crippen LogP contribution in [0.2, 0.25) is 0 Å². The molecule has 0 radical (unpaired) electrons. The van der Waals surface area contributed by atoms with E-state index in [-0.39, 0.29) is 0 Å². The van der Waals surface area contributed by atoms with Crippen LogP contribution in [0.4, 0.5) is 0 Å². The van der Waals surface area contributed by atoms with Crippen molar-refractivity contribution in [1.29, 1.82) is 5.26 Å². The van der Waals surface area contributed by atoms with E-state index < -0.39 is 11.4 Å². The summed E-state index contributed by atoms with van der Waals surface area (Å²) in [7, 11) is 0. The molecule has 1 N–H and O–H groups in total. The molecule has 1 aromatic carbocycles. The third kappa shape index (κ3) is 2.23. The van der Waals surface area contributed by atoms with Gasteiger partial charge in [0.05, 0.1) is 17.0 Å². The molecule has 0 spiro atoms. The van der Waals surface area contributed by atoms with E-state index in [9.17, 15) is 9.90 Å².